The van der Waals surface area contributed by atoms with E-state index in [0.29, 0.717) is 0 Å². The van der Waals surface area contributed by atoms with Crippen LogP contribution in [0.2, 0.25) is 0 Å². The monoisotopic (exact) mass is 385 g/mol. The maximum atomic E-state index is 12.5. The summed E-state index contributed by atoms with van der Waals surface area (Å²) in [5.41, 5.74) is 3.92. The highest BCUT2D eigenvalue weighted by molar-refractivity contribution is 6.00. The molecule has 0 aromatic rings. The molecular weight excluding hydrogens is 354 g/mol. The number of allylic oxidation sites excluding steroid dienone is 3. The normalized spacial score (nSPS) is 34.9. The number of hydrogen-bond acceptors (Lipinski definition) is 4. The summed E-state index contributed by atoms with van der Waals surface area (Å²) >= 11 is 0. The lowest BCUT2D eigenvalue weighted by molar-refractivity contribution is -0.168. The maximum Gasteiger partial charge on any atom is 0.309 e. The topological polar surface area (TPSA) is 55.8 Å². The number of ether oxygens (including phenoxy) is 2. The number of carbonyl (C=O) groups excluding carboxylic acids is 2. The van der Waals surface area contributed by atoms with Crippen molar-refractivity contribution in [1.82, 2.24) is 4.90 Å². The molecule has 1 amide bonds. The van der Waals surface area contributed by atoms with Gasteiger partial charge >= 0.3 is 5.97 Å². The van der Waals surface area contributed by atoms with Crippen molar-refractivity contribution in [2.24, 2.45) is 17.3 Å². The molecule has 1 aliphatic heterocycles. The molecule has 5 heteroatoms. The zero-order valence-corrected chi connectivity index (χ0v) is 17.7. The first-order chi connectivity index (χ1) is 13.1. The van der Waals surface area contributed by atoms with Crippen LogP contribution in [0, 0.1) is 17.3 Å². The van der Waals surface area contributed by atoms with E-state index in [1.54, 1.807) is 4.90 Å². The van der Waals surface area contributed by atoms with Gasteiger partial charge in [0, 0.05) is 29.7 Å². The largest absolute Gasteiger partial charge is 0.459 e. The Labute approximate surface area is 167 Å². The molecule has 0 N–H and O–H groups in total. The minimum absolute atomic E-state index is 0.0326. The highest BCUT2D eigenvalue weighted by atomic mass is 16.6. The summed E-state index contributed by atoms with van der Waals surface area (Å²) in [5, 5.41) is 0. The lowest BCUT2D eigenvalue weighted by Gasteiger charge is -2.49. The smallest absolute Gasteiger partial charge is 0.309 e. The van der Waals surface area contributed by atoms with Crippen molar-refractivity contribution in [3.05, 3.63) is 34.6 Å². The van der Waals surface area contributed by atoms with E-state index in [4.69, 9.17) is 9.47 Å². The van der Waals surface area contributed by atoms with E-state index in [-0.39, 0.29) is 47.4 Å². The van der Waals surface area contributed by atoms with E-state index >= 15 is 0 Å². The Morgan fingerprint density at radius 2 is 2.00 bits per heavy atom. The molecule has 4 aliphatic rings. The van der Waals surface area contributed by atoms with E-state index in [2.05, 4.69) is 26.0 Å². The number of fused-ring (bicyclic) bond motifs is 2. The lowest BCUT2D eigenvalue weighted by atomic mass is 9.59. The fourth-order valence-corrected chi connectivity index (χ4v) is 4.80. The summed E-state index contributed by atoms with van der Waals surface area (Å²) in [5.74, 6) is 0.128. The van der Waals surface area contributed by atoms with Crippen molar-refractivity contribution < 1.29 is 19.1 Å². The Morgan fingerprint density at radius 1 is 1.32 bits per heavy atom. The SMILES string of the molecule is CC1=C2C[C@@]3(C)C(=C[C@@H](OC(C)C)[C@H](OC(=O)C4CC4)[C@@H]3C)C=C2N(C)C1=O. The first-order valence-corrected chi connectivity index (χ1v) is 10.4. The van der Waals surface area contributed by atoms with Gasteiger partial charge < -0.3 is 14.4 Å². The van der Waals surface area contributed by atoms with Crippen LogP contribution in [0.4, 0.5) is 0 Å². The Balaban J connectivity index is 1.75. The minimum Gasteiger partial charge on any atom is -0.459 e. The molecular formula is C23H31NO4. The third-order valence-electron chi connectivity index (χ3n) is 7.00. The summed E-state index contributed by atoms with van der Waals surface area (Å²) < 4.78 is 12.2. The van der Waals surface area contributed by atoms with Gasteiger partial charge in [0.1, 0.15) is 12.2 Å². The first kappa shape index (κ1) is 19.4. The second-order valence-electron chi connectivity index (χ2n) is 9.33. The molecule has 0 radical (unpaired) electrons. The van der Waals surface area contributed by atoms with E-state index < -0.39 is 0 Å². The van der Waals surface area contributed by atoms with Crippen LogP contribution in [0.1, 0.15) is 53.9 Å². The van der Waals surface area contributed by atoms with Crippen molar-refractivity contribution in [2.45, 2.75) is 72.2 Å². The second kappa shape index (κ2) is 6.58. The van der Waals surface area contributed by atoms with E-state index in [1.165, 1.54) is 5.57 Å². The van der Waals surface area contributed by atoms with Crippen molar-refractivity contribution >= 4 is 11.9 Å². The van der Waals surface area contributed by atoms with Gasteiger partial charge in [0.2, 0.25) is 0 Å². The van der Waals surface area contributed by atoms with Crippen LogP contribution in [-0.2, 0) is 19.1 Å². The van der Waals surface area contributed by atoms with Crippen molar-refractivity contribution in [3.63, 3.8) is 0 Å². The van der Waals surface area contributed by atoms with Crippen LogP contribution in [-0.4, -0.2) is 42.1 Å². The fourth-order valence-electron chi connectivity index (χ4n) is 4.80. The van der Waals surface area contributed by atoms with Gasteiger partial charge in [-0.05, 0) is 63.3 Å². The minimum atomic E-state index is -0.310. The molecule has 0 saturated heterocycles. The zero-order valence-electron chi connectivity index (χ0n) is 17.7. The van der Waals surface area contributed by atoms with Crippen LogP contribution in [0.5, 0.6) is 0 Å². The van der Waals surface area contributed by atoms with Crippen LogP contribution >= 0.6 is 0 Å². The Morgan fingerprint density at radius 3 is 2.61 bits per heavy atom. The zero-order chi connectivity index (χ0) is 20.4. The first-order valence-electron chi connectivity index (χ1n) is 10.4. The highest BCUT2D eigenvalue weighted by Crippen LogP contribution is 2.54. The molecule has 1 saturated carbocycles. The summed E-state index contributed by atoms with van der Waals surface area (Å²) in [6.45, 7) is 10.3. The second-order valence-corrected chi connectivity index (χ2v) is 9.33. The van der Waals surface area contributed by atoms with Gasteiger partial charge in [0.05, 0.1) is 12.0 Å². The number of hydrogen-bond donors (Lipinski definition) is 0. The molecule has 0 spiro atoms. The van der Waals surface area contributed by atoms with Crippen LogP contribution in [0.3, 0.4) is 0 Å². The van der Waals surface area contributed by atoms with Crippen molar-refractivity contribution in [1.29, 1.82) is 0 Å². The quantitative estimate of drug-likeness (QED) is 0.692. The lowest BCUT2D eigenvalue weighted by Crippen LogP contribution is -2.50. The predicted octanol–water partition coefficient (Wildman–Crippen LogP) is 3.76. The van der Waals surface area contributed by atoms with E-state index in [9.17, 15) is 9.59 Å². The number of nitrogens with zero attached hydrogens (tertiary/aromatic N) is 1. The summed E-state index contributed by atoms with van der Waals surface area (Å²) in [6.07, 6.45) is 6.35. The molecule has 0 unspecified atom stereocenters. The Bertz CT molecular complexity index is 816. The van der Waals surface area contributed by atoms with Gasteiger partial charge in [-0.25, -0.2) is 0 Å². The third kappa shape index (κ3) is 2.95. The van der Waals surface area contributed by atoms with Crippen LogP contribution in [0.25, 0.3) is 0 Å². The predicted molar refractivity (Wildman–Crippen MR) is 106 cm³/mol. The molecule has 1 heterocycles. The number of likely N-dealkylation sites (N-methyl/N-ethyl adjacent to an activating group) is 1. The molecule has 0 aromatic heterocycles. The molecule has 4 rings (SSSR count). The van der Waals surface area contributed by atoms with Gasteiger partial charge in [-0.2, -0.15) is 0 Å². The summed E-state index contributed by atoms with van der Waals surface area (Å²) in [7, 11) is 1.84. The van der Waals surface area contributed by atoms with Gasteiger partial charge in [-0.15, -0.1) is 0 Å². The summed E-state index contributed by atoms with van der Waals surface area (Å²) in [6, 6.07) is 0. The standard InChI is InChI=1S/C23H31NO4/c1-12(2)27-19-10-16-9-18-17(13(3)21(25)24(18)6)11-23(16,5)14(4)20(19)28-22(26)15-7-8-15/h9-10,12,14-15,19-20H,7-8,11H2,1-6H3/t14-,19+,20+,23+/m0/s1. The van der Waals surface area contributed by atoms with E-state index in [0.717, 1.165) is 36.1 Å². The summed E-state index contributed by atoms with van der Waals surface area (Å²) in [4.78, 5) is 26.7. The third-order valence-corrected chi connectivity index (χ3v) is 7.00. The number of rotatable bonds is 4. The van der Waals surface area contributed by atoms with Crippen molar-refractivity contribution in [2.75, 3.05) is 7.05 Å². The molecule has 5 nitrogen and oxygen atoms in total. The van der Waals surface area contributed by atoms with Crippen LogP contribution < -0.4 is 0 Å². The molecule has 4 atom stereocenters. The average Bonchev–Trinajstić information content (AvgIpc) is 3.45. The molecule has 1 fully saturated rings. The maximum absolute atomic E-state index is 12.5. The van der Waals surface area contributed by atoms with Gasteiger partial charge in [-0.3, -0.25) is 9.59 Å². The molecule has 3 aliphatic carbocycles. The van der Waals surface area contributed by atoms with Gasteiger partial charge in [0.15, 0.2) is 0 Å². The number of carbonyl (C=O) groups is 2. The average molecular weight is 386 g/mol. The fraction of sp³-hybridized carbons (Fsp3) is 0.652. The van der Waals surface area contributed by atoms with E-state index in [1.807, 2.05) is 27.8 Å². The van der Waals surface area contributed by atoms with Crippen molar-refractivity contribution in [3.8, 4) is 0 Å². The number of esters is 1. The van der Waals surface area contributed by atoms with Crippen LogP contribution in [0.15, 0.2) is 34.6 Å². The number of amides is 1. The highest BCUT2D eigenvalue weighted by Gasteiger charge is 2.52. The Hall–Kier alpha value is -1.88. The molecule has 152 valence electrons. The van der Waals surface area contributed by atoms with Gasteiger partial charge in [-0.1, -0.05) is 13.8 Å². The molecule has 28 heavy (non-hydrogen) atoms. The molecule has 0 bridgehead atoms. The Kier molecular flexibility index (Phi) is 4.57. The van der Waals surface area contributed by atoms with Gasteiger partial charge in [0.25, 0.3) is 5.91 Å². The molecule has 0 aromatic carbocycles.